The van der Waals surface area contributed by atoms with Crippen LogP contribution in [0, 0.1) is 0 Å². The van der Waals surface area contributed by atoms with Crippen molar-refractivity contribution in [1.29, 1.82) is 0 Å². The fourth-order valence-electron chi connectivity index (χ4n) is 3.80. The minimum absolute atomic E-state index is 0.558. The second-order valence-corrected chi connectivity index (χ2v) is 6.52. The van der Waals surface area contributed by atoms with Crippen molar-refractivity contribution in [2.45, 2.75) is 50.1 Å². The van der Waals surface area contributed by atoms with E-state index < -0.39 is 0 Å². The number of aryl methyl sites for hydroxylation is 1. The molecular weight excluding hydrogens is 254 g/mol. The van der Waals surface area contributed by atoms with Crippen LogP contribution < -0.4 is 5.32 Å². The van der Waals surface area contributed by atoms with Crippen LogP contribution in [0.2, 0.25) is 0 Å². The Labute approximate surface area is 127 Å². The molecule has 1 saturated carbocycles. The third-order valence-corrected chi connectivity index (χ3v) is 5.05. The van der Waals surface area contributed by atoms with Crippen molar-refractivity contribution < 1.29 is 0 Å². The lowest BCUT2D eigenvalue weighted by Crippen LogP contribution is -2.24. The second-order valence-electron chi connectivity index (χ2n) is 6.52. The maximum atomic E-state index is 3.94. The molecule has 108 valence electrons. The number of hydrogen-bond donors (Lipinski definition) is 1. The first kappa shape index (κ1) is 13.1. The molecule has 0 amide bonds. The summed E-state index contributed by atoms with van der Waals surface area (Å²) in [6, 6.07) is 21.2. The highest BCUT2D eigenvalue weighted by Gasteiger charge is 2.39. The molecule has 3 unspecified atom stereocenters. The average Bonchev–Trinajstić information content (AvgIpc) is 3.33. The maximum absolute atomic E-state index is 3.94. The lowest BCUT2D eigenvalue weighted by Gasteiger charge is -2.19. The van der Waals surface area contributed by atoms with Crippen LogP contribution in [0.4, 0.5) is 0 Å². The number of fused-ring (bicyclic) bond motifs is 1. The van der Waals surface area contributed by atoms with Crippen LogP contribution in [0.1, 0.15) is 54.3 Å². The predicted octanol–water partition coefficient (Wildman–Crippen LogP) is 4.60. The molecule has 1 N–H and O–H groups in total. The lowest BCUT2D eigenvalue weighted by molar-refractivity contribution is 0.482. The Morgan fingerprint density at radius 3 is 2.57 bits per heavy atom. The summed E-state index contributed by atoms with van der Waals surface area (Å²) in [6.07, 6.45) is 6.51. The summed E-state index contributed by atoms with van der Waals surface area (Å²) in [5, 5.41) is 3.94. The van der Waals surface area contributed by atoms with Crippen molar-refractivity contribution >= 4 is 0 Å². The smallest absolute Gasteiger partial charge is 0.0325 e. The minimum Gasteiger partial charge on any atom is -0.307 e. The highest BCUT2D eigenvalue weighted by atomic mass is 15.0. The number of benzene rings is 2. The molecule has 1 fully saturated rings. The van der Waals surface area contributed by atoms with Crippen LogP contribution in [-0.4, -0.2) is 6.04 Å². The van der Waals surface area contributed by atoms with Crippen LogP contribution in [0.5, 0.6) is 0 Å². The van der Waals surface area contributed by atoms with E-state index in [0.717, 1.165) is 5.92 Å². The van der Waals surface area contributed by atoms with Gasteiger partial charge in [-0.3, -0.25) is 0 Å². The molecule has 0 heterocycles. The van der Waals surface area contributed by atoms with E-state index in [1.165, 1.54) is 37.7 Å². The molecular formula is C20H23N. The molecule has 0 radical (unpaired) electrons. The summed E-state index contributed by atoms with van der Waals surface area (Å²) in [7, 11) is 0. The van der Waals surface area contributed by atoms with E-state index in [1.54, 1.807) is 11.1 Å². The van der Waals surface area contributed by atoms with Gasteiger partial charge in [0.15, 0.2) is 0 Å². The SMILES string of the molecule is c1ccc(C2CC2NC2CCCCc3ccccc32)cc1. The summed E-state index contributed by atoms with van der Waals surface area (Å²) < 4.78 is 0. The fourth-order valence-corrected chi connectivity index (χ4v) is 3.80. The van der Waals surface area contributed by atoms with E-state index in [0.29, 0.717) is 12.1 Å². The van der Waals surface area contributed by atoms with Gasteiger partial charge in [0, 0.05) is 18.0 Å². The van der Waals surface area contributed by atoms with Crippen LogP contribution in [0.3, 0.4) is 0 Å². The third-order valence-electron chi connectivity index (χ3n) is 5.05. The zero-order valence-corrected chi connectivity index (χ0v) is 12.5. The molecule has 0 aliphatic heterocycles. The Hall–Kier alpha value is -1.60. The highest BCUT2D eigenvalue weighted by Crippen LogP contribution is 2.43. The van der Waals surface area contributed by atoms with Gasteiger partial charge in [0.05, 0.1) is 0 Å². The van der Waals surface area contributed by atoms with E-state index in [-0.39, 0.29) is 0 Å². The highest BCUT2D eigenvalue weighted by molar-refractivity contribution is 5.33. The van der Waals surface area contributed by atoms with Gasteiger partial charge < -0.3 is 5.32 Å². The molecule has 3 atom stereocenters. The van der Waals surface area contributed by atoms with Gasteiger partial charge in [0.25, 0.3) is 0 Å². The van der Waals surface area contributed by atoms with Crippen molar-refractivity contribution in [2.24, 2.45) is 0 Å². The monoisotopic (exact) mass is 277 g/mol. The van der Waals surface area contributed by atoms with E-state index in [1.807, 2.05) is 0 Å². The van der Waals surface area contributed by atoms with Crippen molar-refractivity contribution in [2.75, 3.05) is 0 Å². The number of nitrogens with one attached hydrogen (secondary N) is 1. The van der Waals surface area contributed by atoms with Gasteiger partial charge in [-0.25, -0.2) is 0 Å². The van der Waals surface area contributed by atoms with Crippen LogP contribution in [0.25, 0.3) is 0 Å². The largest absolute Gasteiger partial charge is 0.307 e. The van der Waals surface area contributed by atoms with E-state index in [2.05, 4.69) is 59.9 Å². The van der Waals surface area contributed by atoms with Gasteiger partial charge >= 0.3 is 0 Å². The van der Waals surface area contributed by atoms with E-state index in [9.17, 15) is 0 Å². The maximum Gasteiger partial charge on any atom is 0.0325 e. The summed E-state index contributed by atoms with van der Waals surface area (Å²) in [6.45, 7) is 0. The van der Waals surface area contributed by atoms with Gasteiger partial charge in [-0.2, -0.15) is 0 Å². The predicted molar refractivity (Wildman–Crippen MR) is 87.5 cm³/mol. The first-order valence-electron chi connectivity index (χ1n) is 8.30. The summed E-state index contributed by atoms with van der Waals surface area (Å²) in [5.74, 6) is 0.724. The molecule has 0 aromatic heterocycles. The Bertz CT molecular complexity index is 604. The molecule has 4 rings (SSSR count). The van der Waals surface area contributed by atoms with Gasteiger partial charge in [0.2, 0.25) is 0 Å². The fraction of sp³-hybridized carbons (Fsp3) is 0.400. The molecule has 2 aromatic rings. The summed E-state index contributed by atoms with van der Waals surface area (Å²) >= 11 is 0. The van der Waals surface area contributed by atoms with E-state index in [4.69, 9.17) is 0 Å². The Morgan fingerprint density at radius 2 is 1.67 bits per heavy atom. The van der Waals surface area contributed by atoms with Crippen molar-refractivity contribution in [3.8, 4) is 0 Å². The second kappa shape index (κ2) is 5.65. The summed E-state index contributed by atoms with van der Waals surface area (Å²) in [4.78, 5) is 0. The van der Waals surface area contributed by atoms with Crippen molar-refractivity contribution in [3.05, 3.63) is 71.3 Å². The normalized spacial score (nSPS) is 27.7. The van der Waals surface area contributed by atoms with Gasteiger partial charge in [-0.05, 0) is 42.4 Å². The molecule has 2 aliphatic rings. The van der Waals surface area contributed by atoms with Gasteiger partial charge in [0.1, 0.15) is 0 Å². The van der Waals surface area contributed by atoms with Gasteiger partial charge in [-0.15, -0.1) is 0 Å². The topological polar surface area (TPSA) is 12.0 Å². The van der Waals surface area contributed by atoms with Crippen LogP contribution in [0.15, 0.2) is 54.6 Å². The first-order valence-corrected chi connectivity index (χ1v) is 8.30. The van der Waals surface area contributed by atoms with Crippen molar-refractivity contribution in [3.63, 3.8) is 0 Å². The lowest BCUT2D eigenvalue weighted by atomic mass is 9.99. The first-order chi connectivity index (χ1) is 10.4. The van der Waals surface area contributed by atoms with Gasteiger partial charge in [-0.1, -0.05) is 61.0 Å². The summed E-state index contributed by atoms with van der Waals surface area (Å²) in [5.41, 5.74) is 4.61. The average molecular weight is 277 g/mol. The molecule has 21 heavy (non-hydrogen) atoms. The Morgan fingerprint density at radius 1 is 0.857 bits per heavy atom. The number of rotatable bonds is 3. The Kier molecular flexibility index (Phi) is 3.52. The van der Waals surface area contributed by atoms with E-state index >= 15 is 0 Å². The molecule has 0 spiro atoms. The quantitative estimate of drug-likeness (QED) is 0.808. The molecule has 2 aliphatic carbocycles. The van der Waals surface area contributed by atoms with Crippen molar-refractivity contribution in [1.82, 2.24) is 5.32 Å². The molecule has 0 saturated heterocycles. The molecule has 0 bridgehead atoms. The standard InChI is InChI=1S/C20H23N/c1-2-8-16(9-3-1)18-14-20(18)21-19-13-7-5-11-15-10-4-6-12-17(15)19/h1-4,6,8-10,12,18-21H,5,7,11,13-14H2. The van der Waals surface area contributed by atoms with Crippen LogP contribution in [-0.2, 0) is 6.42 Å². The third kappa shape index (κ3) is 2.75. The number of hydrogen-bond acceptors (Lipinski definition) is 1. The zero-order chi connectivity index (χ0) is 14.1. The zero-order valence-electron chi connectivity index (χ0n) is 12.5. The van der Waals surface area contributed by atoms with Crippen LogP contribution >= 0.6 is 0 Å². The molecule has 1 heteroatoms. The Balaban J connectivity index is 1.49. The molecule has 2 aromatic carbocycles. The minimum atomic E-state index is 0.558. The molecule has 1 nitrogen and oxygen atoms in total.